The summed E-state index contributed by atoms with van der Waals surface area (Å²) in [6.45, 7) is 6.48. The average Bonchev–Trinajstić information content (AvgIpc) is 2.20. The van der Waals surface area contributed by atoms with Crippen molar-refractivity contribution in [3.05, 3.63) is 35.8 Å². The number of aliphatic imine (C=N–C) groups is 1. The van der Waals surface area contributed by atoms with Crippen molar-refractivity contribution in [2.24, 2.45) is 4.99 Å². The number of nitrogens with zero attached hydrogens (tertiary/aromatic N) is 1. The van der Waals surface area contributed by atoms with Crippen LogP contribution >= 0.6 is 0 Å². The first kappa shape index (κ1) is 10.6. The van der Waals surface area contributed by atoms with Crippen molar-refractivity contribution in [2.75, 3.05) is 13.6 Å². The molecule has 0 aromatic heterocycles. The van der Waals surface area contributed by atoms with E-state index in [9.17, 15) is 0 Å². The second kappa shape index (κ2) is 5.27. The number of rotatable bonds is 4. The highest BCUT2D eigenvalue weighted by Gasteiger charge is 2.09. The predicted octanol–water partition coefficient (Wildman–Crippen LogP) is 1.57. The summed E-state index contributed by atoms with van der Waals surface area (Å²) < 4.78 is 0. The van der Waals surface area contributed by atoms with Gasteiger partial charge in [0, 0.05) is 32.4 Å². The van der Waals surface area contributed by atoms with E-state index in [2.05, 4.69) is 29.1 Å². The lowest BCUT2D eigenvalue weighted by molar-refractivity contribution is 0.857. The largest absolute Gasteiger partial charge is 0.394 e. The normalized spacial score (nSPS) is 18.6. The zero-order valence-electron chi connectivity index (χ0n) is 8.80. The molecule has 0 aromatic carbocycles. The van der Waals surface area contributed by atoms with Gasteiger partial charge in [-0.1, -0.05) is 6.08 Å². The van der Waals surface area contributed by atoms with Crippen LogP contribution in [0, 0.1) is 0 Å². The molecule has 0 atom stereocenters. The van der Waals surface area contributed by atoms with Gasteiger partial charge in [0.05, 0.1) is 0 Å². The summed E-state index contributed by atoms with van der Waals surface area (Å²) in [6, 6.07) is 0. The molecule has 0 spiro atoms. The molecule has 0 amide bonds. The summed E-state index contributed by atoms with van der Waals surface area (Å²) >= 11 is 0. The standard InChI is InChI=1S/C11H17N3/c1-4-6-13-11-9(2)10(8-12-3)5-7-14-11/h4,7-8,12-13H,1,5-6H2,2-3H3/b10-8-. The average molecular weight is 191 g/mol. The van der Waals surface area contributed by atoms with Crippen LogP contribution in [0.5, 0.6) is 0 Å². The smallest absolute Gasteiger partial charge is 0.129 e. The van der Waals surface area contributed by atoms with E-state index in [1.165, 1.54) is 11.1 Å². The van der Waals surface area contributed by atoms with E-state index < -0.39 is 0 Å². The van der Waals surface area contributed by atoms with Crippen LogP contribution in [0.1, 0.15) is 13.3 Å². The Hall–Kier alpha value is -1.51. The minimum Gasteiger partial charge on any atom is -0.394 e. The highest BCUT2D eigenvalue weighted by Crippen LogP contribution is 2.19. The Morgan fingerprint density at radius 1 is 1.64 bits per heavy atom. The first-order valence-corrected chi connectivity index (χ1v) is 4.74. The number of nitrogens with one attached hydrogen (secondary N) is 2. The van der Waals surface area contributed by atoms with Crippen molar-refractivity contribution in [2.45, 2.75) is 13.3 Å². The summed E-state index contributed by atoms with van der Waals surface area (Å²) in [6.07, 6.45) is 6.65. The Bertz CT molecular complexity index is 298. The van der Waals surface area contributed by atoms with Gasteiger partial charge in [-0.15, -0.1) is 6.58 Å². The molecule has 1 heterocycles. The first-order valence-electron chi connectivity index (χ1n) is 4.74. The van der Waals surface area contributed by atoms with Gasteiger partial charge in [0.2, 0.25) is 0 Å². The van der Waals surface area contributed by atoms with Crippen LogP contribution in [0.2, 0.25) is 0 Å². The van der Waals surface area contributed by atoms with Gasteiger partial charge in [-0.2, -0.15) is 0 Å². The van der Waals surface area contributed by atoms with E-state index in [1.54, 1.807) is 0 Å². The molecule has 1 aliphatic rings. The number of hydrogen-bond donors (Lipinski definition) is 2. The van der Waals surface area contributed by atoms with Crippen molar-refractivity contribution in [3.63, 3.8) is 0 Å². The topological polar surface area (TPSA) is 36.4 Å². The second-order valence-electron chi connectivity index (χ2n) is 3.12. The van der Waals surface area contributed by atoms with Crippen molar-refractivity contribution >= 4 is 6.21 Å². The fourth-order valence-electron chi connectivity index (χ4n) is 1.33. The lowest BCUT2D eigenvalue weighted by Crippen LogP contribution is -2.16. The second-order valence-corrected chi connectivity index (χ2v) is 3.12. The third-order valence-electron chi connectivity index (χ3n) is 2.10. The van der Waals surface area contributed by atoms with Crippen molar-refractivity contribution in [1.82, 2.24) is 10.6 Å². The molecule has 0 bridgehead atoms. The van der Waals surface area contributed by atoms with Crippen LogP contribution in [0.15, 0.2) is 40.8 Å². The van der Waals surface area contributed by atoms with Crippen LogP contribution in [0.4, 0.5) is 0 Å². The lowest BCUT2D eigenvalue weighted by Gasteiger charge is -2.15. The lowest BCUT2D eigenvalue weighted by atomic mass is 10.0. The summed E-state index contributed by atoms with van der Waals surface area (Å²) in [5.74, 6) is 0.942. The van der Waals surface area contributed by atoms with Crippen molar-refractivity contribution < 1.29 is 0 Å². The molecule has 3 nitrogen and oxygen atoms in total. The SMILES string of the molecule is C=CCNC1=C(C)/C(=C\NC)CC=N1. The van der Waals surface area contributed by atoms with Gasteiger partial charge < -0.3 is 10.6 Å². The maximum atomic E-state index is 4.31. The first-order chi connectivity index (χ1) is 6.79. The van der Waals surface area contributed by atoms with Crippen LogP contribution < -0.4 is 10.6 Å². The van der Waals surface area contributed by atoms with Crippen LogP contribution in [0.25, 0.3) is 0 Å². The minimum atomic E-state index is 0.747. The minimum absolute atomic E-state index is 0.747. The zero-order chi connectivity index (χ0) is 10.4. The van der Waals surface area contributed by atoms with Crippen LogP contribution in [-0.4, -0.2) is 19.8 Å². The van der Waals surface area contributed by atoms with Gasteiger partial charge >= 0.3 is 0 Å². The molecule has 0 aliphatic carbocycles. The molecule has 14 heavy (non-hydrogen) atoms. The van der Waals surface area contributed by atoms with Gasteiger partial charge in [0.15, 0.2) is 0 Å². The fourth-order valence-corrected chi connectivity index (χ4v) is 1.33. The molecule has 3 heteroatoms. The molecule has 0 saturated heterocycles. The van der Waals surface area contributed by atoms with Gasteiger partial charge in [-0.05, 0) is 18.1 Å². The Morgan fingerprint density at radius 2 is 2.43 bits per heavy atom. The molecular formula is C11H17N3. The number of allylic oxidation sites excluding steroid dienone is 2. The van der Waals surface area contributed by atoms with E-state index in [1.807, 2.05) is 25.5 Å². The van der Waals surface area contributed by atoms with E-state index in [0.717, 1.165) is 18.8 Å². The maximum absolute atomic E-state index is 4.31. The van der Waals surface area contributed by atoms with Gasteiger partial charge in [-0.3, -0.25) is 0 Å². The Kier molecular flexibility index (Phi) is 3.98. The fraction of sp³-hybridized carbons (Fsp3) is 0.364. The summed E-state index contributed by atoms with van der Waals surface area (Å²) in [5.41, 5.74) is 2.47. The third kappa shape index (κ3) is 2.49. The predicted molar refractivity (Wildman–Crippen MR) is 61.2 cm³/mol. The highest BCUT2D eigenvalue weighted by atomic mass is 15.0. The molecule has 0 fully saturated rings. The Labute approximate surface area is 85.3 Å². The van der Waals surface area contributed by atoms with Crippen molar-refractivity contribution in [3.8, 4) is 0 Å². The Balaban J connectivity index is 2.79. The summed E-state index contributed by atoms with van der Waals surface area (Å²) in [7, 11) is 1.91. The van der Waals surface area contributed by atoms with Crippen molar-refractivity contribution in [1.29, 1.82) is 0 Å². The molecule has 0 aromatic rings. The van der Waals surface area contributed by atoms with E-state index in [-0.39, 0.29) is 0 Å². The molecule has 0 saturated carbocycles. The quantitative estimate of drug-likeness (QED) is 0.662. The van der Waals surface area contributed by atoms with E-state index in [4.69, 9.17) is 0 Å². The van der Waals surface area contributed by atoms with Gasteiger partial charge in [-0.25, -0.2) is 4.99 Å². The molecule has 1 aliphatic heterocycles. The van der Waals surface area contributed by atoms with Gasteiger partial charge in [0.1, 0.15) is 5.82 Å². The van der Waals surface area contributed by atoms with Crippen LogP contribution in [-0.2, 0) is 0 Å². The van der Waals surface area contributed by atoms with E-state index in [0.29, 0.717) is 0 Å². The Morgan fingerprint density at radius 3 is 3.07 bits per heavy atom. The maximum Gasteiger partial charge on any atom is 0.129 e. The third-order valence-corrected chi connectivity index (χ3v) is 2.10. The molecular weight excluding hydrogens is 174 g/mol. The molecule has 0 unspecified atom stereocenters. The summed E-state index contributed by atoms with van der Waals surface area (Å²) in [5, 5.41) is 6.24. The molecule has 2 N–H and O–H groups in total. The zero-order valence-corrected chi connectivity index (χ0v) is 8.80. The summed E-state index contributed by atoms with van der Waals surface area (Å²) in [4.78, 5) is 4.31. The van der Waals surface area contributed by atoms with Gasteiger partial charge in [0.25, 0.3) is 0 Å². The van der Waals surface area contributed by atoms with E-state index >= 15 is 0 Å². The highest BCUT2D eigenvalue weighted by molar-refractivity contribution is 5.68. The number of hydrogen-bond acceptors (Lipinski definition) is 3. The van der Waals surface area contributed by atoms with Crippen LogP contribution in [0.3, 0.4) is 0 Å². The monoisotopic (exact) mass is 191 g/mol. The molecule has 76 valence electrons. The molecule has 1 rings (SSSR count). The molecule has 0 radical (unpaired) electrons.